The summed E-state index contributed by atoms with van der Waals surface area (Å²) in [4.78, 5) is 0.0536. The number of nitrogens with two attached hydrogens (primary N) is 1. The Bertz CT molecular complexity index is 826. The predicted molar refractivity (Wildman–Crippen MR) is 95.0 cm³/mol. The molecule has 0 saturated carbocycles. The number of thiocarbonyl (C=S) groups is 1. The maximum absolute atomic E-state index is 11.2. The van der Waals surface area contributed by atoms with Crippen molar-refractivity contribution in [3.63, 3.8) is 0 Å². The van der Waals surface area contributed by atoms with Gasteiger partial charge in [-0.15, -0.1) is 0 Å². The summed E-state index contributed by atoms with van der Waals surface area (Å²) in [5.74, 6) is 0. The number of benzene rings is 1. The van der Waals surface area contributed by atoms with Crippen molar-refractivity contribution in [1.82, 2.24) is 9.78 Å². The first-order valence-corrected chi connectivity index (χ1v) is 8.92. The summed E-state index contributed by atoms with van der Waals surface area (Å²) in [7, 11) is -3.70. The predicted octanol–water partition coefficient (Wildman–Crippen LogP) is 1.98. The van der Waals surface area contributed by atoms with Gasteiger partial charge in [0.25, 0.3) is 0 Å². The van der Waals surface area contributed by atoms with Gasteiger partial charge in [0.1, 0.15) is 0 Å². The van der Waals surface area contributed by atoms with E-state index in [1.54, 1.807) is 12.1 Å². The van der Waals surface area contributed by atoms with Crippen molar-refractivity contribution < 1.29 is 8.42 Å². The standard InChI is InChI=1S/C14H19N5O2S2/c1-4-19-10(3)13(9(2)18-19)17-14(22)16-11-5-7-12(8-6-11)23(15,20)21/h5-8H,4H2,1-3H3,(H2,15,20,21)(H2,16,17,22). The van der Waals surface area contributed by atoms with E-state index in [2.05, 4.69) is 15.7 Å². The molecule has 0 atom stereocenters. The number of nitrogens with one attached hydrogen (secondary N) is 2. The number of hydrogen-bond acceptors (Lipinski definition) is 4. The van der Waals surface area contributed by atoms with Gasteiger partial charge in [-0.25, -0.2) is 13.6 Å². The Morgan fingerprint density at radius 3 is 2.35 bits per heavy atom. The third-order valence-electron chi connectivity index (χ3n) is 3.36. The average Bonchev–Trinajstić information content (AvgIpc) is 2.74. The number of aromatic nitrogens is 2. The van der Waals surface area contributed by atoms with E-state index in [0.29, 0.717) is 10.8 Å². The molecule has 0 aliphatic rings. The number of anilines is 2. The maximum Gasteiger partial charge on any atom is 0.238 e. The average molecular weight is 353 g/mol. The topological polar surface area (TPSA) is 102 Å². The smallest absolute Gasteiger partial charge is 0.238 e. The van der Waals surface area contributed by atoms with Gasteiger partial charge >= 0.3 is 0 Å². The summed E-state index contributed by atoms with van der Waals surface area (Å²) < 4.78 is 24.3. The third-order valence-corrected chi connectivity index (χ3v) is 4.49. The highest BCUT2D eigenvalue weighted by Crippen LogP contribution is 2.20. The second kappa shape index (κ2) is 6.65. The number of rotatable bonds is 4. The van der Waals surface area contributed by atoms with Gasteiger partial charge in [0, 0.05) is 12.2 Å². The minimum absolute atomic E-state index is 0.0536. The van der Waals surface area contributed by atoms with E-state index in [1.807, 2.05) is 25.5 Å². The fourth-order valence-electron chi connectivity index (χ4n) is 2.19. The van der Waals surface area contributed by atoms with Gasteiger partial charge in [-0.2, -0.15) is 5.10 Å². The van der Waals surface area contributed by atoms with Crippen LogP contribution in [0.1, 0.15) is 18.3 Å². The van der Waals surface area contributed by atoms with Gasteiger partial charge in [0.2, 0.25) is 10.0 Å². The van der Waals surface area contributed by atoms with Crippen molar-refractivity contribution in [2.24, 2.45) is 5.14 Å². The van der Waals surface area contributed by atoms with Crippen LogP contribution in [0.25, 0.3) is 0 Å². The van der Waals surface area contributed by atoms with Gasteiger partial charge in [-0.3, -0.25) is 4.68 Å². The Morgan fingerprint density at radius 2 is 1.87 bits per heavy atom. The molecule has 7 nitrogen and oxygen atoms in total. The Labute approximate surface area is 140 Å². The molecular formula is C14H19N5O2S2. The third kappa shape index (κ3) is 4.06. The highest BCUT2D eigenvalue weighted by atomic mass is 32.2. The van der Waals surface area contributed by atoms with E-state index in [9.17, 15) is 8.42 Å². The van der Waals surface area contributed by atoms with Gasteiger partial charge < -0.3 is 10.6 Å². The highest BCUT2D eigenvalue weighted by Gasteiger charge is 2.12. The van der Waals surface area contributed by atoms with Crippen LogP contribution < -0.4 is 15.8 Å². The molecule has 0 aliphatic carbocycles. The van der Waals surface area contributed by atoms with Crippen LogP contribution in [-0.4, -0.2) is 23.3 Å². The summed E-state index contributed by atoms with van der Waals surface area (Å²) >= 11 is 5.29. The zero-order valence-electron chi connectivity index (χ0n) is 13.1. The van der Waals surface area contributed by atoms with E-state index in [-0.39, 0.29) is 4.90 Å². The van der Waals surface area contributed by atoms with Crippen LogP contribution in [-0.2, 0) is 16.6 Å². The fraction of sp³-hybridized carbons (Fsp3) is 0.286. The van der Waals surface area contributed by atoms with E-state index < -0.39 is 10.0 Å². The molecule has 2 rings (SSSR count). The molecule has 0 radical (unpaired) electrons. The molecule has 0 bridgehead atoms. The van der Waals surface area contributed by atoms with Crippen molar-refractivity contribution in [1.29, 1.82) is 0 Å². The number of sulfonamides is 1. The molecule has 0 saturated heterocycles. The van der Waals surface area contributed by atoms with Gasteiger partial charge in [0.05, 0.1) is 22.0 Å². The Hall–Kier alpha value is -1.97. The lowest BCUT2D eigenvalue weighted by Crippen LogP contribution is -2.20. The zero-order valence-corrected chi connectivity index (χ0v) is 14.8. The quantitative estimate of drug-likeness (QED) is 0.727. The fourth-order valence-corrected chi connectivity index (χ4v) is 2.92. The lowest BCUT2D eigenvalue weighted by atomic mass is 10.3. The van der Waals surface area contributed by atoms with Crippen LogP contribution in [0, 0.1) is 13.8 Å². The molecule has 124 valence electrons. The van der Waals surface area contributed by atoms with Gasteiger partial charge in [-0.1, -0.05) is 0 Å². The Balaban J connectivity index is 2.10. The molecule has 0 spiro atoms. The monoisotopic (exact) mass is 353 g/mol. The summed E-state index contributed by atoms with van der Waals surface area (Å²) in [6.45, 7) is 6.68. The lowest BCUT2D eigenvalue weighted by Gasteiger charge is -2.11. The summed E-state index contributed by atoms with van der Waals surface area (Å²) in [5.41, 5.74) is 3.38. The molecule has 4 N–H and O–H groups in total. The second-order valence-corrected chi connectivity index (χ2v) is 6.98. The molecule has 23 heavy (non-hydrogen) atoms. The van der Waals surface area contributed by atoms with Gasteiger partial charge in [0.15, 0.2) is 5.11 Å². The molecule has 1 aromatic heterocycles. The van der Waals surface area contributed by atoms with Crippen molar-refractivity contribution in [3.05, 3.63) is 35.7 Å². The molecule has 0 unspecified atom stereocenters. The first-order valence-electron chi connectivity index (χ1n) is 6.97. The number of primary sulfonamides is 1. The molecular weight excluding hydrogens is 334 g/mol. The Kier molecular flexibility index (Phi) is 5.03. The van der Waals surface area contributed by atoms with Crippen molar-refractivity contribution in [2.75, 3.05) is 10.6 Å². The summed E-state index contributed by atoms with van der Waals surface area (Å²) in [5, 5.41) is 16.0. The molecule has 0 aliphatic heterocycles. The van der Waals surface area contributed by atoms with Crippen LogP contribution in [0.3, 0.4) is 0 Å². The zero-order chi connectivity index (χ0) is 17.2. The largest absolute Gasteiger partial charge is 0.332 e. The van der Waals surface area contributed by atoms with Crippen LogP contribution in [0.2, 0.25) is 0 Å². The van der Waals surface area contributed by atoms with Crippen molar-refractivity contribution >= 4 is 38.7 Å². The van der Waals surface area contributed by atoms with E-state index in [0.717, 1.165) is 23.6 Å². The normalized spacial score (nSPS) is 11.3. The minimum atomic E-state index is -3.70. The Morgan fingerprint density at radius 1 is 1.26 bits per heavy atom. The summed E-state index contributed by atoms with van der Waals surface area (Å²) in [6.07, 6.45) is 0. The second-order valence-electron chi connectivity index (χ2n) is 5.01. The molecule has 2 aromatic rings. The van der Waals surface area contributed by atoms with Crippen molar-refractivity contribution in [3.8, 4) is 0 Å². The SMILES string of the molecule is CCn1nc(C)c(NC(=S)Nc2ccc(S(N)(=O)=O)cc2)c1C. The van der Waals surface area contributed by atoms with Crippen LogP contribution in [0.15, 0.2) is 29.2 Å². The molecule has 9 heteroatoms. The van der Waals surface area contributed by atoms with Crippen LogP contribution in [0.5, 0.6) is 0 Å². The first kappa shape index (κ1) is 17.4. The number of nitrogens with zero attached hydrogens (tertiary/aromatic N) is 2. The van der Waals surface area contributed by atoms with Crippen LogP contribution in [0.4, 0.5) is 11.4 Å². The molecule has 1 aromatic carbocycles. The molecule has 0 fully saturated rings. The minimum Gasteiger partial charge on any atom is -0.332 e. The number of aryl methyl sites for hydroxylation is 2. The first-order chi connectivity index (χ1) is 10.7. The highest BCUT2D eigenvalue weighted by molar-refractivity contribution is 7.89. The van der Waals surface area contributed by atoms with E-state index in [1.165, 1.54) is 12.1 Å². The molecule has 1 heterocycles. The van der Waals surface area contributed by atoms with E-state index in [4.69, 9.17) is 17.4 Å². The van der Waals surface area contributed by atoms with Gasteiger partial charge in [-0.05, 0) is 57.3 Å². The number of hydrogen-bond donors (Lipinski definition) is 3. The maximum atomic E-state index is 11.2. The van der Waals surface area contributed by atoms with Crippen LogP contribution >= 0.6 is 12.2 Å². The van der Waals surface area contributed by atoms with Crippen molar-refractivity contribution in [2.45, 2.75) is 32.2 Å². The molecule has 0 amide bonds. The summed E-state index contributed by atoms with van der Waals surface area (Å²) in [6, 6.07) is 6.05. The lowest BCUT2D eigenvalue weighted by molar-refractivity contribution is 0.598. The van der Waals surface area contributed by atoms with E-state index >= 15 is 0 Å².